The number of para-hydroxylation sites is 1. The van der Waals surface area contributed by atoms with E-state index < -0.39 is 0 Å². The molecule has 1 aromatic carbocycles. The summed E-state index contributed by atoms with van der Waals surface area (Å²) in [7, 11) is 1.82. The van der Waals surface area contributed by atoms with Crippen molar-refractivity contribution in [1.29, 1.82) is 0 Å². The van der Waals surface area contributed by atoms with Crippen molar-refractivity contribution < 1.29 is 4.79 Å². The van der Waals surface area contributed by atoms with Crippen LogP contribution in [0.2, 0.25) is 0 Å². The Labute approximate surface area is 127 Å². The quantitative estimate of drug-likeness (QED) is 0.947. The van der Waals surface area contributed by atoms with Gasteiger partial charge in [0.15, 0.2) is 0 Å². The molecule has 3 rings (SSSR count). The average Bonchev–Trinajstić information content (AvgIpc) is 3.04. The number of carbonyl (C=O) groups is 1. The Morgan fingerprint density at radius 1 is 1.29 bits per heavy atom. The molecule has 1 aromatic heterocycles. The fourth-order valence-electron chi connectivity index (χ4n) is 2.46. The Morgan fingerprint density at radius 3 is 2.62 bits per heavy atom. The minimum atomic E-state index is -0.376. The Bertz CT molecular complexity index is 628. The predicted molar refractivity (Wildman–Crippen MR) is 83.5 cm³/mol. The van der Waals surface area contributed by atoms with Gasteiger partial charge in [0, 0.05) is 12.7 Å². The predicted octanol–water partition coefficient (Wildman–Crippen LogP) is 2.63. The molecule has 1 fully saturated rings. The van der Waals surface area contributed by atoms with Crippen molar-refractivity contribution in [1.82, 2.24) is 15.1 Å². The first-order valence-electron chi connectivity index (χ1n) is 6.66. The van der Waals surface area contributed by atoms with Gasteiger partial charge in [-0.3, -0.25) is 4.90 Å². The zero-order valence-corrected chi connectivity index (χ0v) is 13.0. The third kappa shape index (κ3) is 2.23. The van der Waals surface area contributed by atoms with Crippen LogP contribution in [0.15, 0.2) is 35.8 Å². The number of urea groups is 1. The molecule has 1 atom stereocenters. The first-order chi connectivity index (χ1) is 10.0. The van der Waals surface area contributed by atoms with Crippen molar-refractivity contribution in [2.45, 2.75) is 25.6 Å². The maximum Gasteiger partial charge on any atom is 0.326 e. The van der Waals surface area contributed by atoms with Gasteiger partial charge in [-0.05, 0) is 26.0 Å². The number of rotatable bonds is 3. The fourth-order valence-corrected chi connectivity index (χ4v) is 2.93. The maximum atomic E-state index is 12.6. The molecule has 0 saturated carbocycles. The molecule has 1 aliphatic heterocycles. The minimum Gasteiger partial charge on any atom is -0.337 e. The molecule has 2 aromatic rings. The van der Waals surface area contributed by atoms with Gasteiger partial charge in [-0.15, -0.1) is 10.2 Å². The second kappa shape index (κ2) is 5.00. The molecule has 0 spiro atoms. The lowest BCUT2D eigenvalue weighted by Gasteiger charge is -2.33. The van der Waals surface area contributed by atoms with Crippen LogP contribution in [0.1, 0.15) is 13.8 Å². The van der Waals surface area contributed by atoms with Crippen molar-refractivity contribution in [3.63, 3.8) is 0 Å². The summed E-state index contributed by atoms with van der Waals surface area (Å²) in [5, 5.41) is 11.9. The van der Waals surface area contributed by atoms with E-state index in [1.807, 2.05) is 51.2 Å². The van der Waals surface area contributed by atoms with E-state index >= 15 is 0 Å². The first kappa shape index (κ1) is 13.8. The highest BCUT2D eigenvalue weighted by atomic mass is 32.1. The molecule has 1 saturated heterocycles. The van der Waals surface area contributed by atoms with E-state index in [1.165, 1.54) is 11.3 Å². The SMILES string of the molecule is CN1C(=O)N(c2ccccc2)[C@H](Nc2nncs2)C1(C)C. The van der Waals surface area contributed by atoms with E-state index in [1.54, 1.807) is 15.3 Å². The molecule has 1 N–H and O–H groups in total. The number of nitrogens with one attached hydrogen (secondary N) is 1. The average molecular weight is 303 g/mol. The number of benzene rings is 1. The molecule has 2 heterocycles. The lowest BCUT2D eigenvalue weighted by molar-refractivity contribution is 0.190. The molecule has 0 unspecified atom stereocenters. The van der Waals surface area contributed by atoms with E-state index in [0.717, 1.165) is 5.69 Å². The molecule has 21 heavy (non-hydrogen) atoms. The monoisotopic (exact) mass is 303 g/mol. The van der Waals surface area contributed by atoms with Gasteiger partial charge in [-0.1, -0.05) is 29.5 Å². The van der Waals surface area contributed by atoms with Crippen molar-refractivity contribution in [3.05, 3.63) is 35.8 Å². The summed E-state index contributed by atoms with van der Waals surface area (Å²) < 4.78 is 0. The van der Waals surface area contributed by atoms with E-state index in [-0.39, 0.29) is 17.7 Å². The third-order valence-corrected chi connectivity index (χ3v) is 4.56. The van der Waals surface area contributed by atoms with E-state index in [2.05, 4.69) is 15.5 Å². The molecule has 110 valence electrons. The number of carbonyl (C=O) groups excluding carboxylic acids is 1. The number of anilines is 2. The molecule has 2 amide bonds. The molecule has 0 aliphatic carbocycles. The van der Waals surface area contributed by atoms with Crippen LogP contribution in [-0.2, 0) is 0 Å². The van der Waals surface area contributed by atoms with Crippen molar-refractivity contribution in [3.8, 4) is 0 Å². The summed E-state index contributed by atoms with van der Waals surface area (Å²) in [5.41, 5.74) is 2.16. The van der Waals surface area contributed by atoms with E-state index in [4.69, 9.17) is 0 Å². The van der Waals surface area contributed by atoms with Gasteiger partial charge < -0.3 is 10.2 Å². The Morgan fingerprint density at radius 2 is 2.00 bits per heavy atom. The number of hydrogen-bond acceptors (Lipinski definition) is 5. The number of nitrogens with zero attached hydrogens (tertiary/aromatic N) is 4. The number of amides is 2. The van der Waals surface area contributed by atoms with Crippen LogP contribution < -0.4 is 10.2 Å². The first-order valence-corrected chi connectivity index (χ1v) is 7.54. The summed E-state index contributed by atoms with van der Waals surface area (Å²) in [6, 6.07) is 9.62. The lowest BCUT2D eigenvalue weighted by atomic mass is 10.0. The van der Waals surface area contributed by atoms with Crippen LogP contribution in [0, 0.1) is 0 Å². The molecule has 0 radical (unpaired) electrons. The molecule has 0 bridgehead atoms. The lowest BCUT2D eigenvalue weighted by Crippen LogP contribution is -2.50. The highest BCUT2D eigenvalue weighted by molar-refractivity contribution is 7.13. The summed E-state index contributed by atoms with van der Waals surface area (Å²) in [5.74, 6) is 0. The Kier molecular flexibility index (Phi) is 3.29. The van der Waals surface area contributed by atoms with Gasteiger partial charge in [0.2, 0.25) is 5.13 Å². The third-order valence-electron chi connectivity index (χ3n) is 3.94. The smallest absolute Gasteiger partial charge is 0.326 e. The van der Waals surface area contributed by atoms with Gasteiger partial charge in [-0.25, -0.2) is 4.79 Å². The summed E-state index contributed by atoms with van der Waals surface area (Å²) in [6.07, 6.45) is -0.217. The molecule has 6 nitrogen and oxygen atoms in total. The summed E-state index contributed by atoms with van der Waals surface area (Å²) >= 11 is 1.42. The van der Waals surface area contributed by atoms with Crippen LogP contribution in [0.3, 0.4) is 0 Å². The maximum absolute atomic E-state index is 12.6. The van der Waals surface area contributed by atoms with Crippen LogP contribution in [0.4, 0.5) is 15.6 Å². The topological polar surface area (TPSA) is 61.4 Å². The van der Waals surface area contributed by atoms with Gasteiger partial charge in [0.1, 0.15) is 11.7 Å². The van der Waals surface area contributed by atoms with Gasteiger partial charge >= 0.3 is 6.03 Å². The van der Waals surface area contributed by atoms with Crippen LogP contribution in [0.25, 0.3) is 0 Å². The summed E-state index contributed by atoms with van der Waals surface area (Å²) in [4.78, 5) is 16.2. The molecule has 7 heteroatoms. The van der Waals surface area contributed by atoms with Crippen molar-refractivity contribution in [2.24, 2.45) is 0 Å². The fraction of sp³-hybridized carbons (Fsp3) is 0.357. The van der Waals surface area contributed by atoms with Crippen molar-refractivity contribution in [2.75, 3.05) is 17.3 Å². The highest BCUT2D eigenvalue weighted by Gasteiger charge is 2.50. The van der Waals surface area contributed by atoms with E-state index in [9.17, 15) is 4.79 Å². The largest absolute Gasteiger partial charge is 0.337 e. The van der Waals surface area contributed by atoms with Crippen LogP contribution >= 0.6 is 11.3 Å². The normalized spacial score (nSPS) is 20.9. The molecular weight excluding hydrogens is 286 g/mol. The Balaban J connectivity index is 2.00. The van der Waals surface area contributed by atoms with Crippen molar-refractivity contribution >= 4 is 28.2 Å². The Hall–Kier alpha value is -2.15. The highest BCUT2D eigenvalue weighted by Crippen LogP contribution is 2.35. The van der Waals surface area contributed by atoms with E-state index in [0.29, 0.717) is 5.13 Å². The van der Waals surface area contributed by atoms with Gasteiger partial charge in [-0.2, -0.15) is 0 Å². The van der Waals surface area contributed by atoms with Crippen LogP contribution in [0.5, 0.6) is 0 Å². The van der Waals surface area contributed by atoms with Gasteiger partial charge in [0.25, 0.3) is 0 Å². The zero-order chi connectivity index (χ0) is 15.0. The van der Waals surface area contributed by atoms with Crippen LogP contribution in [-0.4, -0.2) is 39.9 Å². The molecular formula is C14H17N5OS. The zero-order valence-electron chi connectivity index (χ0n) is 12.1. The standard InChI is InChI=1S/C14H17N5OS/c1-14(2)11(16-12-17-15-9-21-12)19(13(20)18(14)3)10-7-5-4-6-8-10/h4-9,11H,1-3H3,(H,16,17)/t11-/m0/s1. The molecule has 1 aliphatic rings. The second-order valence-electron chi connectivity index (χ2n) is 5.49. The number of aromatic nitrogens is 2. The number of hydrogen-bond donors (Lipinski definition) is 1. The number of likely N-dealkylation sites (N-methyl/N-ethyl adjacent to an activating group) is 1. The minimum absolute atomic E-state index is 0.0341. The second-order valence-corrected chi connectivity index (χ2v) is 6.32. The summed E-state index contributed by atoms with van der Waals surface area (Å²) in [6.45, 7) is 4.07. The van der Waals surface area contributed by atoms with Gasteiger partial charge in [0.05, 0.1) is 5.54 Å².